The van der Waals surface area contributed by atoms with Crippen LogP contribution in [0.5, 0.6) is 0 Å². The lowest BCUT2D eigenvalue weighted by Crippen LogP contribution is -2.54. The molecule has 3 fully saturated rings. The largest absolute Gasteiger partial charge is 0.445 e. The van der Waals surface area contributed by atoms with E-state index in [9.17, 15) is 8.68 Å². The van der Waals surface area contributed by atoms with E-state index in [1.165, 1.54) is 5.41 Å². The SMILES string of the molecule is CN/C(=C\SF)C(C)(C)NC(=O)OC1CN2CCC1CC2. The average Bonchev–Trinajstić information content (AvgIpc) is 2.45. The first-order valence-corrected chi connectivity index (χ1v) is 8.11. The highest BCUT2D eigenvalue weighted by atomic mass is 32.2. The fourth-order valence-corrected chi connectivity index (χ4v) is 3.60. The maximum atomic E-state index is 12.4. The molecule has 0 saturated carbocycles. The molecule has 0 spiro atoms. The molecule has 1 atom stereocenters. The van der Waals surface area contributed by atoms with Gasteiger partial charge in [0.15, 0.2) is 0 Å². The molecule has 3 heterocycles. The van der Waals surface area contributed by atoms with Crippen LogP contribution in [0.25, 0.3) is 0 Å². The number of halogens is 1. The molecule has 0 radical (unpaired) electrons. The van der Waals surface area contributed by atoms with Gasteiger partial charge >= 0.3 is 6.09 Å². The molecular weight excluding hydrogens is 293 g/mol. The van der Waals surface area contributed by atoms with Crippen molar-refractivity contribution in [2.24, 2.45) is 5.92 Å². The van der Waals surface area contributed by atoms with Crippen molar-refractivity contribution in [1.82, 2.24) is 15.5 Å². The van der Waals surface area contributed by atoms with Gasteiger partial charge in [0.2, 0.25) is 0 Å². The highest BCUT2D eigenvalue weighted by Gasteiger charge is 2.37. The normalized spacial score (nSPS) is 29.1. The number of piperidine rings is 3. The number of carbonyl (C=O) groups excluding carboxylic acids is 1. The molecule has 3 rings (SSSR count). The minimum absolute atomic E-state index is 0.0270. The molecule has 2 bridgehead atoms. The van der Waals surface area contributed by atoms with E-state index in [2.05, 4.69) is 15.5 Å². The summed E-state index contributed by atoms with van der Waals surface area (Å²) in [5.41, 5.74) is -0.111. The van der Waals surface area contributed by atoms with E-state index >= 15 is 0 Å². The molecule has 0 aromatic rings. The van der Waals surface area contributed by atoms with E-state index in [0.29, 0.717) is 11.6 Å². The van der Waals surface area contributed by atoms with Crippen LogP contribution in [0.1, 0.15) is 26.7 Å². The number of nitrogens with zero attached hydrogens (tertiary/aromatic N) is 1. The van der Waals surface area contributed by atoms with Gasteiger partial charge < -0.3 is 15.4 Å². The van der Waals surface area contributed by atoms with Crippen molar-refractivity contribution >= 4 is 18.2 Å². The zero-order valence-electron chi connectivity index (χ0n) is 12.8. The third kappa shape index (κ3) is 4.03. The Kier molecular flexibility index (Phi) is 5.37. The lowest BCUT2D eigenvalue weighted by molar-refractivity contribution is -0.0345. The van der Waals surface area contributed by atoms with E-state index < -0.39 is 11.6 Å². The van der Waals surface area contributed by atoms with Crippen LogP contribution in [0.2, 0.25) is 0 Å². The van der Waals surface area contributed by atoms with Crippen molar-refractivity contribution in [3.63, 3.8) is 0 Å². The predicted octanol–water partition coefficient (Wildman–Crippen LogP) is 2.26. The topological polar surface area (TPSA) is 53.6 Å². The van der Waals surface area contributed by atoms with E-state index in [1.54, 1.807) is 7.05 Å². The molecule has 21 heavy (non-hydrogen) atoms. The van der Waals surface area contributed by atoms with Gasteiger partial charge in [-0.1, -0.05) is 0 Å². The Bertz CT molecular complexity index is 409. The summed E-state index contributed by atoms with van der Waals surface area (Å²) in [5, 5.41) is 7.05. The lowest BCUT2D eigenvalue weighted by Gasteiger charge is -2.44. The molecule has 0 aromatic carbocycles. The second kappa shape index (κ2) is 6.87. The van der Waals surface area contributed by atoms with Crippen LogP contribution >= 0.6 is 12.1 Å². The number of alkyl carbamates (subject to hydrolysis) is 1. The summed E-state index contributed by atoms with van der Waals surface area (Å²) in [5.74, 6) is 0.476. The number of likely N-dealkylation sites (N-methyl/N-ethyl adjacent to an activating group) is 1. The summed E-state index contributed by atoms with van der Waals surface area (Å²) in [7, 11) is 1.70. The fraction of sp³-hybridized carbons (Fsp3) is 0.786. The highest BCUT2D eigenvalue weighted by Crippen LogP contribution is 2.29. The smallest absolute Gasteiger partial charge is 0.408 e. The van der Waals surface area contributed by atoms with Gasteiger partial charge in [-0.3, -0.25) is 4.90 Å². The van der Waals surface area contributed by atoms with Crippen molar-refractivity contribution in [1.29, 1.82) is 0 Å². The van der Waals surface area contributed by atoms with Crippen molar-refractivity contribution in [3.05, 3.63) is 11.1 Å². The molecule has 3 aliphatic rings. The Morgan fingerprint density at radius 3 is 2.57 bits per heavy atom. The molecule has 3 saturated heterocycles. The van der Waals surface area contributed by atoms with Crippen LogP contribution in [-0.4, -0.2) is 49.3 Å². The van der Waals surface area contributed by atoms with E-state index in [-0.39, 0.29) is 18.3 Å². The number of hydrogen-bond donors (Lipinski definition) is 2. The maximum absolute atomic E-state index is 12.4. The monoisotopic (exact) mass is 317 g/mol. The zero-order valence-corrected chi connectivity index (χ0v) is 13.6. The third-order valence-electron chi connectivity index (χ3n) is 4.37. The molecule has 7 heteroatoms. The maximum Gasteiger partial charge on any atom is 0.408 e. The van der Waals surface area contributed by atoms with Crippen molar-refractivity contribution < 1.29 is 13.4 Å². The van der Waals surface area contributed by atoms with Gasteiger partial charge in [-0.15, -0.1) is 0 Å². The van der Waals surface area contributed by atoms with Crippen molar-refractivity contribution in [2.45, 2.75) is 38.3 Å². The summed E-state index contributed by atoms with van der Waals surface area (Å²) >= 11 is 0.110. The molecule has 2 N–H and O–H groups in total. The van der Waals surface area contributed by atoms with Gasteiger partial charge in [0.05, 0.1) is 17.7 Å². The number of carbonyl (C=O) groups is 1. The number of ether oxygens (including phenoxy) is 1. The number of hydrogen-bond acceptors (Lipinski definition) is 5. The molecule has 0 aromatic heterocycles. The first-order valence-electron chi connectivity index (χ1n) is 7.33. The first-order chi connectivity index (χ1) is 9.96. The summed E-state index contributed by atoms with van der Waals surface area (Å²) in [4.78, 5) is 14.5. The van der Waals surface area contributed by atoms with Gasteiger partial charge in [-0.2, -0.15) is 3.89 Å². The molecule has 5 nitrogen and oxygen atoms in total. The Morgan fingerprint density at radius 2 is 2.10 bits per heavy atom. The molecule has 1 amide bonds. The van der Waals surface area contributed by atoms with Crippen LogP contribution in [0.15, 0.2) is 11.1 Å². The van der Waals surface area contributed by atoms with E-state index in [0.717, 1.165) is 32.5 Å². The second-order valence-corrected chi connectivity index (χ2v) is 6.62. The fourth-order valence-electron chi connectivity index (χ4n) is 3.10. The summed E-state index contributed by atoms with van der Waals surface area (Å²) < 4.78 is 18.0. The number of fused-ring (bicyclic) bond motifs is 3. The Balaban J connectivity index is 1.90. The second-order valence-electron chi connectivity index (χ2n) is 6.20. The molecular formula is C14H24FN3O2S. The van der Waals surface area contributed by atoms with Gasteiger partial charge in [-0.05, 0) is 45.7 Å². The average molecular weight is 317 g/mol. The molecule has 120 valence electrons. The Labute approximate surface area is 130 Å². The van der Waals surface area contributed by atoms with Gasteiger partial charge in [0.1, 0.15) is 6.10 Å². The summed E-state index contributed by atoms with van der Waals surface area (Å²) in [6.45, 7) is 6.66. The minimum Gasteiger partial charge on any atom is -0.445 e. The van der Waals surface area contributed by atoms with Gasteiger partial charge in [-0.25, -0.2) is 4.79 Å². The number of amides is 1. The number of rotatable bonds is 5. The quantitative estimate of drug-likeness (QED) is 0.815. The van der Waals surface area contributed by atoms with E-state index in [4.69, 9.17) is 4.74 Å². The zero-order chi connectivity index (χ0) is 15.5. The van der Waals surface area contributed by atoms with Crippen LogP contribution in [-0.2, 0) is 4.74 Å². The molecule has 0 aliphatic carbocycles. The first kappa shape index (κ1) is 16.4. The number of nitrogens with one attached hydrogen (secondary N) is 2. The van der Waals surface area contributed by atoms with Crippen molar-refractivity contribution in [2.75, 3.05) is 26.7 Å². The van der Waals surface area contributed by atoms with Crippen molar-refractivity contribution in [3.8, 4) is 0 Å². The standard InChI is InChI=1S/C14H24FN3O2S/c1-14(2,12(16-3)9-21-15)17-13(19)20-11-8-18-6-4-10(11)5-7-18/h9-11,16H,4-8H2,1-3H3,(H,17,19)/b12-9-. The van der Waals surface area contributed by atoms with Crippen LogP contribution in [0.3, 0.4) is 0 Å². The molecule has 3 aliphatic heterocycles. The van der Waals surface area contributed by atoms with Crippen LogP contribution in [0, 0.1) is 5.92 Å². The lowest BCUT2D eigenvalue weighted by atomic mass is 9.86. The van der Waals surface area contributed by atoms with E-state index in [1.807, 2.05) is 13.8 Å². The Hall–Kier alpha value is -0.950. The minimum atomic E-state index is -0.709. The Morgan fingerprint density at radius 1 is 1.43 bits per heavy atom. The van der Waals surface area contributed by atoms with Gasteiger partial charge in [0.25, 0.3) is 0 Å². The van der Waals surface area contributed by atoms with Crippen LogP contribution in [0.4, 0.5) is 8.68 Å². The predicted molar refractivity (Wildman–Crippen MR) is 82.5 cm³/mol. The highest BCUT2D eigenvalue weighted by molar-refractivity contribution is 7.97. The summed E-state index contributed by atoms with van der Waals surface area (Å²) in [6.07, 6.45) is 1.73. The van der Waals surface area contributed by atoms with Crippen LogP contribution < -0.4 is 10.6 Å². The molecule has 1 unspecified atom stereocenters. The third-order valence-corrected chi connectivity index (χ3v) is 4.70. The van der Waals surface area contributed by atoms with Gasteiger partial charge in [0, 0.05) is 24.7 Å². The summed E-state index contributed by atoms with van der Waals surface area (Å²) in [6, 6.07) is 0.